The highest BCUT2D eigenvalue weighted by Crippen LogP contribution is 2.04. The van der Waals surface area contributed by atoms with Crippen LogP contribution in [-0.4, -0.2) is 24.0 Å². The molecule has 0 fully saturated rings. The summed E-state index contributed by atoms with van der Waals surface area (Å²) in [5, 5.41) is 0. The van der Waals surface area contributed by atoms with E-state index in [9.17, 15) is 0 Å². The van der Waals surface area contributed by atoms with Crippen LogP contribution in [0.5, 0.6) is 0 Å². The van der Waals surface area contributed by atoms with Crippen molar-refractivity contribution >= 4 is 0 Å². The molecular formula is C10H23N. The first-order chi connectivity index (χ1) is 5.30. The summed E-state index contributed by atoms with van der Waals surface area (Å²) in [4.78, 5) is 2.47. The van der Waals surface area contributed by atoms with Gasteiger partial charge < -0.3 is 0 Å². The molecule has 68 valence electrons. The Morgan fingerprint density at radius 3 is 2.18 bits per heavy atom. The second-order valence-electron chi connectivity index (χ2n) is 2.85. The van der Waals surface area contributed by atoms with Crippen LogP contribution >= 0.6 is 0 Å². The second kappa shape index (κ2) is 6.41. The summed E-state index contributed by atoms with van der Waals surface area (Å²) in [6.45, 7) is 10.9. The largest absolute Gasteiger partial charge is 0.297 e. The Hall–Kier alpha value is -0.300. The first-order valence-corrected chi connectivity index (χ1v) is 4.70. The van der Waals surface area contributed by atoms with Crippen LogP contribution in [0.3, 0.4) is 0 Å². The Kier molecular flexibility index (Phi) is 6.24. The van der Waals surface area contributed by atoms with Gasteiger partial charge in [-0.05, 0) is 20.3 Å². The van der Waals surface area contributed by atoms with Gasteiger partial charge in [0.15, 0.2) is 0 Å². The first kappa shape index (κ1) is 10.7. The Labute approximate surface area is 72.6 Å². The highest BCUT2D eigenvalue weighted by Gasteiger charge is 2.07. The van der Waals surface area contributed by atoms with Gasteiger partial charge in [0.1, 0.15) is 0 Å². The van der Waals surface area contributed by atoms with Crippen LogP contribution in [0.25, 0.3) is 0 Å². The van der Waals surface area contributed by atoms with Crippen molar-refractivity contribution in [2.24, 2.45) is 0 Å². The molecule has 11 heavy (non-hydrogen) atoms. The minimum atomic E-state index is 0. The van der Waals surface area contributed by atoms with E-state index >= 15 is 0 Å². The summed E-state index contributed by atoms with van der Waals surface area (Å²) in [7, 11) is 0. The lowest BCUT2D eigenvalue weighted by Gasteiger charge is -2.26. The maximum Gasteiger partial charge on any atom is 0.0166 e. The highest BCUT2D eigenvalue weighted by molar-refractivity contribution is 4.91. The fourth-order valence-corrected chi connectivity index (χ4v) is 1.13. The van der Waals surface area contributed by atoms with Crippen LogP contribution < -0.4 is 0 Å². The minimum Gasteiger partial charge on any atom is -0.297 e. The van der Waals surface area contributed by atoms with E-state index in [1.807, 2.05) is 13.8 Å². The molecule has 1 nitrogen and oxygen atoms in total. The average molecular weight is 158 g/mol. The average Bonchev–Trinajstić information content (AvgIpc) is 2.10. The van der Waals surface area contributed by atoms with E-state index in [1.54, 1.807) is 0 Å². The quantitative estimate of drug-likeness (QED) is 0.530. The molecule has 0 amide bonds. The van der Waals surface area contributed by atoms with E-state index in [0.29, 0.717) is 0 Å². The topological polar surface area (TPSA) is 3.24 Å². The molecule has 0 saturated carbocycles. The lowest BCUT2D eigenvalue weighted by atomic mass is 10.2. The third-order valence-electron chi connectivity index (χ3n) is 1.82. The molecule has 0 saturated heterocycles. The Balaban J connectivity index is 0. The van der Waals surface area contributed by atoms with Crippen LogP contribution in [0.1, 0.15) is 35.5 Å². The predicted molar refractivity (Wildman–Crippen MR) is 53.9 cm³/mol. The van der Waals surface area contributed by atoms with E-state index in [4.69, 9.17) is 0 Å². The van der Waals surface area contributed by atoms with Gasteiger partial charge in [-0.25, -0.2) is 0 Å². The van der Waals surface area contributed by atoms with Gasteiger partial charge >= 0.3 is 0 Å². The van der Waals surface area contributed by atoms with Gasteiger partial charge in [-0.1, -0.05) is 26.0 Å². The molecule has 0 aromatic carbocycles. The van der Waals surface area contributed by atoms with Crippen LogP contribution in [0.2, 0.25) is 0 Å². The third kappa shape index (κ3) is 4.20. The molecule has 0 N–H and O–H groups in total. The molecule has 0 aliphatic carbocycles. The molecule has 0 aromatic rings. The summed E-state index contributed by atoms with van der Waals surface area (Å²) < 4.78 is 0. The molecular weight excluding hydrogens is 134 g/mol. The predicted octanol–water partition coefficient (Wildman–Crippen LogP) is 2.93. The van der Waals surface area contributed by atoms with Gasteiger partial charge in [0, 0.05) is 20.6 Å². The zero-order valence-corrected chi connectivity index (χ0v) is 8.30. The normalized spacial score (nSPS) is 17.9. The summed E-state index contributed by atoms with van der Waals surface area (Å²) in [5.74, 6) is 0. The monoisotopic (exact) mass is 158 g/mol. The van der Waals surface area contributed by atoms with Crippen LogP contribution in [0, 0.1) is 0 Å². The number of hydrogen-bond acceptors (Lipinski definition) is 1. The van der Waals surface area contributed by atoms with Crippen molar-refractivity contribution in [3.05, 3.63) is 12.2 Å². The smallest absolute Gasteiger partial charge is 0.0166 e. The number of nitrogens with zero attached hydrogens (tertiary/aromatic N) is 1. The maximum atomic E-state index is 2.47. The molecule has 1 heteroatoms. The van der Waals surface area contributed by atoms with E-state index in [0.717, 1.165) is 12.6 Å². The van der Waals surface area contributed by atoms with Crippen LogP contribution in [-0.2, 0) is 0 Å². The standard InChI is InChI=1S/C8H15N.C2H6.H2/c1-8(2)9-6-4-3-5-7-9;1-2;/h3-4,8H,5-7H2,1-2H3;1-2H3;1H/i;;1+1. The van der Waals surface area contributed by atoms with Crippen molar-refractivity contribution in [2.45, 2.75) is 40.2 Å². The molecule has 0 bridgehead atoms. The second-order valence-corrected chi connectivity index (χ2v) is 2.85. The molecule has 1 aliphatic heterocycles. The Morgan fingerprint density at radius 2 is 1.91 bits per heavy atom. The zero-order valence-electron chi connectivity index (χ0n) is 8.30. The lowest BCUT2D eigenvalue weighted by molar-refractivity contribution is 0.243. The summed E-state index contributed by atoms with van der Waals surface area (Å²) in [6.07, 6.45) is 5.75. The zero-order chi connectivity index (χ0) is 8.69. The fourth-order valence-electron chi connectivity index (χ4n) is 1.13. The van der Waals surface area contributed by atoms with Crippen molar-refractivity contribution in [2.75, 3.05) is 13.1 Å². The van der Waals surface area contributed by atoms with Gasteiger partial charge in [0.25, 0.3) is 0 Å². The van der Waals surface area contributed by atoms with E-state index < -0.39 is 0 Å². The highest BCUT2D eigenvalue weighted by atomic mass is 15.1. The van der Waals surface area contributed by atoms with Crippen molar-refractivity contribution in [1.29, 1.82) is 0 Å². The third-order valence-corrected chi connectivity index (χ3v) is 1.82. The summed E-state index contributed by atoms with van der Waals surface area (Å²) in [5.41, 5.74) is 0. The Morgan fingerprint density at radius 1 is 1.27 bits per heavy atom. The van der Waals surface area contributed by atoms with Crippen LogP contribution in [0.15, 0.2) is 12.2 Å². The fraction of sp³-hybridized carbons (Fsp3) is 0.800. The van der Waals surface area contributed by atoms with Crippen molar-refractivity contribution in [3.63, 3.8) is 0 Å². The number of rotatable bonds is 1. The van der Waals surface area contributed by atoms with E-state index in [-0.39, 0.29) is 1.43 Å². The van der Waals surface area contributed by atoms with E-state index in [1.165, 1.54) is 13.0 Å². The van der Waals surface area contributed by atoms with E-state index in [2.05, 4.69) is 30.9 Å². The number of hydrogen-bond donors (Lipinski definition) is 0. The molecule has 0 spiro atoms. The maximum absolute atomic E-state index is 2.47. The summed E-state index contributed by atoms with van der Waals surface area (Å²) in [6, 6.07) is 0.718. The van der Waals surface area contributed by atoms with Crippen LogP contribution in [0.4, 0.5) is 0 Å². The van der Waals surface area contributed by atoms with Gasteiger partial charge in [0.2, 0.25) is 0 Å². The van der Waals surface area contributed by atoms with Gasteiger partial charge in [-0.3, -0.25) is 4.90 Å². The van der Waals surface area contributed by atoms with Crippen molar-refractivity contribution in [3.8, 4) is 0 Å². The molecule has 1 heterocycles. The van der Waals surface area contributed by atoms with Crippen molar-refractivity contribution < 1.29 is 1.43 Å². The Bertz CT molecular complexity index is 110. The lowest BCUT2D eigenvalue weighted by Crippen LogP contribution is -2.33. The molecule has 1 rings (SSSR count). The van der Waals surface area contributed by atoms with Gasteiger partial charge in [-0.2, -0.15) is 0 Å². The van der Waals surface area contributed by atoms with Crippen molar-refractivity contribution in [1.82, 2.24) is 4.90 Å². The molecule has 0 aromatic heterocycles. The first-order valence-electron chi connectivity index (χ1n) is 4.70. The SMILES string of the molecule is CC.CC(C)N1CC=CCC1.[2HH]. The molecule has 0 atom stereocenters. The molecule has 1 aliphatic rings. The molecule has 0 unspecified atom stereocenters. The minimum absolute atomic E-state index is 0. The van der Waals surface area contributed by atoms with Gasteiger partial charge in [0.05, 0.1) is 0 Å². The molecule has 0 radical (unpaired) electrons. The summed E-state index contributed by atoms with van der Waals surface area (Å²) >= 11 is 0. The van der Waals surface area contributed by atoms with Gasteiger partial charge in [-0.15, -0.1) is 0 Å².